The molecule has 0 bridgehead atoms. The Morgan fingerprint density at radius 2 is 2.00 bits per heavy atom. The second kappa shape index (κ2) is 4.07. The van der Waals surface area contributed by atoms with Crippen LogP contribution >= 0.6 is 27.3 Å². The Hall–Kier alpha value is -0.600. The molecule has 2 rings (SSSR count). The Balaban J connectivity index is 2.24. The van der Waals surface area contributed by atoms with Crippen LogP contribution in [0.5, 0.6) is 0 Å². The van der Waals surface area contributed by atoms with E-state index in [0.717, 1.165) is 6.42 Å². The van der Waals surface area contributed by atoms with Gasteiger partial charge in [-0.2, -0.15) is 11.3 Å². The molecular weight excluding hydrogens is 244 g/mol. The van der Waals surface area contributed by atoms with Crippen LogP contribution in [0, 0.1) is 0 Å². The number of rotatable bonds is 2. The number of benzene rings is 1. The average molecular weight is 253 g/mol. The van der Waals surface area contributed by atoms with Gasteiger partial charge in [0.2, 0.25) is 0 Å². The molecule has 0 atom stereocenters. The lowest BCUT2D eigenvalue weighted by atomic mass is 10.1. The van der Waals surface area contributed by atoms with Crippen molar-refractivity contribution >= 4 is 27.3 Å². The minimum Gasteiger partial charge on any atom is -0.152 e. The lowest BCUT2D eigenvalue weighted by Gasteiger charge is -2.01. The fourth-order valence-corrected chi connectivity index (χ4v) is 2.35. The Labute approximate surface area is 90.4 Å². The lowest BCUT2D eigenvalue weighted by Crippen LogP contribution is -1.86. The summed E-state index contributed by atoms with van der Waals surface area (Å²) >= 11 is 5.29. The summed E-state index contributed by atoms with van der Waals surface area (Å²) in [6, 6.07) is 10.5. The number of hydrogen-bond donors (Lipinski definition) is 0. The van der Waals surface area contributed by atoms with Crippen molar-refractivity contribution in [2.45, 2.75) is 6.42 Å². The summed E-state index contributed by atoms with van der Waals surface area (Å²) in [4.78, 5) is 0. The molecule has 0 amide bonds. The van der Waals surface area contributed by atoms with Crippen molar-refractivity contribution < 1.29 is 0 Å². The first kappa shape index (κ1) is 8.97. The van der Waals surface area contributed by atoms with Gasteiger partial charge >= 0.3 is 0 Å². The maximum atomic E-state index is 3.55. The third-order valence-corrected chi connectivity index (χ3v) is 3.44. The lowest BCUT2D eigenvalue weighted by molar-refractivity contribution is 1.19. The predicted octanol–water partition coefficient (Wildman–Crippen LogP) is 4.10. The van der Waals surface area contributed by atoms with Gasteiger partial charge in [-0.1, -0.05) is 34.1 Å². The minimum atomic E-state index is 1.02. The average Bonchev–Trinajstić information content (AvgIpc) is 2.61. The molecule has 1 aromatic carbocycles. The second-order valence-corrected chi connectivity index (χ2v) is 4.53. The summed E-state index contributed by atoms with van der Waals surface area (Å²) in [6.45, 7) is 0. The van der Waals surface area contributed by atoms with E-state index in [0.29, 0.717) is 0 Å². The molecule has 0 saturated carbocycles. The summed E-state index contributed by atoms with van der Waals surface area (Å²) in [5.41, 5.74) is 2.73. The smallest absolute Gasteiger partial charge is 0.0210 e. The van der Waals surface area contributed by atoms with E-state index >= 15 is 0 Å². The van der Waals surface area contributed by atoms with Crippen molar-refractivity contribution in [3.05, 3.63) is 56.7 Å². The molecule has 0 aliphatic carbocycles. The molecule has 0 aliphatic heterocycles. The highest BCUT2D eigenvalue weighted by molar-refractivity contribution is 9.10. The van der Waals surface area contributed by atoms with Gasteiger partial charge in [-0.3, -0.25) is 0 Å². The van der Waals surface area contributed by atoms with Crippen LogP contribution in [0.15, 0.2) is 45.6 Å². The van der Waals surface area contributed by atoms with Crippen molar-refractivity contribution in [2.24, 2.45) is 0 Å². The minimum absolute atomic E-state index is 1.02. The maximum absolute atomic E-state index is 3.55. The van der Waals surface area contributed by atoms with Crippen molar-refractivity contribution in [1.82, 2.24) is 0 Å². The summed E-state index contributed by atoms with van der Waals surface area (Å²) in [7, 11) is 0. The molecule has 1 aromatic heterocycles. The van der Waals surface area contributed by atoms with Crippen LogP contribution in [0.25, 0.3) is 0 Å². The van der Waals surface area contributed by atoms with Crippen LogP contribution in [0.3, 0.4) is 0 Å². The number of thiophene rings is 1. The Morgan fingerprint density at radius 3 is 2.69 bits per heavy atom. The quantitative estimate of drug-likeness (QED) is 0.755. The summed E-state index contributed by atoms with van der Waals surface area (Å²) < 4.78 is 1.20. The standard InChI is InChI=1S/C11H9BrS/c12-11-4-2-1-3-10(11)7-9-5-6-13-8-9/h1-6,8H,7H2. The molecule has 2 aromatic rings. The third kappa shape index (κ3) is 2.20. The Morgan fingerprint density at radius 1 is 1.15 bits per heavy atom. The molecule has 0 spiro atoms. The van der Waals surface area contributed by atoms with Crippen LogP contribution in [0.4, 0.5) is 0 Å². The second-order valence-electron chi connectivity index (χ2n) is 2.90. The zero-order chi connectivity index (χ0) is 9.10. The van der Waals surface area contributed by atoms with Crippen LogP contribution in [0.1, 0.15) is 11.1 Å². The first-order chi connectivity index (χ1) is 6.36. The van der Waals surface area contributed by atoms with Gasteiger partial charge < -0.3 is 0 Å². The summed E-state index contributed by atoms with van der Waals surface area (Å²) in [5, 5.41) is 4.31. The predicted molar refractivity (Wildman–Crippen MR) is 61.3 cm³/mol. The van der Waals surface area contributed by atoms with E-state index in [1.165, 1.54) is 15.6 Å². The number of hydrogen-bond acceptors (Lipinski definition) is 1. The topological polar surface area (TPSA) is 0 Å². The molecule has 0 fully saturated rings. The monoisotopic (exact) mass is 252 g/mol. The van der Waals surface area contributed by atoms with Crippen molar-refractivity contribution in [1.29, 1.82) is 0 Å². The SMILES string of the molecule is Brc1ccccc1Cc1ccsc1. The van der Waals surface area contributed by atoms with Crippen LogP contribution in [-0.4, -0.2) is 0 Å². The molecule has 0 aliphatic rings. The summed E-state index contributed by atoms with van der Waals surface area (Å²) in [6.07, 6.45) is 1.02. The highest BCUT2D eigenvalue weighted by Gasteiger charge is 1.99. The van der Waals surface area contributed by atoms with Crippen molar-refractivity contribution in [3.8, 4) is 0 Å². The van der Waals surface area contributed by atoms with Gasteiger partial charge in [-0.15, -0.1) is 0 Å². The van der Waals surface area contributed by atoms with E-state index in [2.05, 4.69) is 51.0 Å². The zero-order valence-corrected chi connectivity index (χ0v) is 9.44. The van der Waals surface area contributed by atoms with E-state index in [-0.39, 0.29) is 0 Å². The van der Waals surface area contributed by atoms with E-state index in [9.17, 15) is 0 Å². The fraction of sp³-hybridized carbons (Fsp3) is 0.0909. The third-order valence-electron chi connectivity index (χ3n) is 1.93. The van der Waals surface area contributed by atoms with E-state index < -0.39 is 0 Å². The van der Waals surface area contributed by atoms with E-state index in [4.69, 9.17) is 0 Å². The maximum Gasteiger partial charge on any atom is 0.0210 e. The Bertz CT molecular complexity index is 379. The highest BCUT2D eigenvalue weighted by atomic mass is 79.9. The largest absolute Gasteiger partial charge is 0.152 e. The van der Waals surface area contributed by atoms with Gasteiger partial charge in [-0.25, -0.2) is 0 Å². The van der Waals surface area contributed by atoms with Crippen LogP contribution < -0.4 is 0 Å². The molecule has 2 heteroatoms. The molecule has 0 radical (unpaired) electrons. The molecule has 0 saturated heterocycles. The van der Waals surface area contributed by atoms with Gasteiger partial charge in [-0.05, 0) is 40.4 Å². The number of halogens is 1. The molecular formula is C11H9BrS. The first-order valence-electron chi connectivity index (χ1n) is 4.11. The highest BCUT2D eigenvalue weighted by Crippen LogP contribution is 2.20. The Kier molecular flexibility index (Phi) is 2.81. The van der Waals surface area contributed by atoms with Gasteiger partial charge in [0.25, 0.3) is 0 Å². The molecule has 1 heterocycles. The molecule has 13 heavy (non-hydrogen) atoms. The molecule has 0 unspecified atom stereocenters. The van der Waals surface area contributed by atoms with Crippen LogP contribution in [-0.2, 0) is 6.42 Å². The summed E-state index contributed by atoms with van der Waals surface area (Å²) in [5.74, 6) is 0. The normalized spacial score (nSPS) is 10.2. The van der Waals surface area contributed by atoms with Crippen molar-refractivity contribution in [3.63, 3.8) is 0 Å². The zero-order valence-electron chi connectivity index (χ0n) is 7.03. The van der Waals surface area contributed by atoms with Gasteiger partial charge in [0, 0.05) is 4.47 Å². The van der Waals surface area contributed by atoms with Gasteiger partial charge in [0.05, 0.1) is 0 Å². The van der Waals surface area contributed by atoms with Gasteiger partial charge in [0.1, 0.15) is 0 Å². The molecule has 66 valence electrons. The van der Waals surface area contributed by atoms with Crippen molar-refractivity contribution in [2.75, 3.05) is 0 Å². The van der Waals surface area contributed by atoms with E-state index in [1.54, 1.807) is 11.3 Å². The molecule has 0 N–H and O–H groups in total. The fourth-order valence-electron chi connectivity index (χ4n) is 1.25. The van der Waals surface area contributed by atoms with Gasteiger partial charge in [0.15, 0.2) is 0 Å². The van der Waals surface area contributed by atoms with E-state index in [1.807, 2.05) is 6.07 Å². The first-order valence-corrected chi connectivity index (χ1v) is 5.84. The van der Waals surface area contributed by atoms with Crippen LogP contribution in [0.2, 0.25) is 0 Å². The molecule has 0 nitrogen and oxygen atoms in total.